The molecule has 1 saturated heterocycles. The smallest absolute Gasteiger partial charge is 0.317 e. The number of carbonyl (C=O) groups is 1. The lowest BCUT2D eigenvalue weighted by molar-refractivity contribution is 0.207. The summed E-state index contributed by atoms with van der Waals surface area (Å²) in [6, 6.07) is 10.2. The van der Waals surface area contributed by atoms with E-state index >= 15 is 0 Å². The summed E-state index contributed by atoms with van der Waals surface area (Å²) in [5, 5.41) is 4.95. The van der Waals surface area contributed by atoms with Crippen molar-refractivity contribution in [2.24, 2.45) is 5.73 Å². The topological polar surface area (TPSA) is 58.4 Å². The number of nitrogens with one attached hydrogen (secondary N) is 1. The standard InChI is InChI=1S/C18H17Cl4N3O/c19-11-2-3-12(15(21)6-11)13-8-25(9-17(13)23)18(26)24-7-10-1-4-14(20)16(22)5-10/h1-6,13,17H,7-9,23H2,(H,24,26). The van der Waals surface area contributed by atoms with Crippen molar-refractivity contribution in [1.82, 2.24) is 10.2 Å². The molecule has 0 aliphatic carbocycles. The minimum absolute atomic E-state index is 0.0320. The number of rotatable bonds is 3. The Labute approximate surface area is 172 Å². The van der Waals surface area contributed by atoms with Crippen LogP contribution in [0.3, 0.4) is 0 Å². The van der Waals surface area contributed by atoms with Crippen LogP contribution in [0.4, 0.5) is 4.79 Å². The summed E-state index contributed by atoms with van der Waals surface area (Å²) in [5.41, 5.74) is 8.02. The van der Waals surface area contributed by atoms with E-state index in [0.29, 0.717) is 39.7 Å². The van der Waals surface area contributed by atoms with Crippen molar-refractivity contribution in [2.75, 3.05) is 13.1 Å². The van der Waals surface area contributed by atoms with Gasteiger partial charge in [-0.15, -0.1) is 0 Å². The number of carbonyl (C=O) groups excluding carboxylic acids is 1. The van der Waals surface area contributed by atoms with Crippen LogP contribution in [0.1, 0.15) is 17.0 Å². The van der Waals surface area contributed by atoms with Crippen molar-refractivity contribution >= 4 is 52.4 Å². The molecule has 0 aromatic heterocycles. The van der Waals surface area contributed by atoms with E-state index in [9.17, 15) is 4.79 Å². The van der Waals surface area contributed by atoms with E-state index in [1.54, 1.807) is 29.2 Å². The van der Waals surface area contributed by atoms with Crippen LogP contribution in [-0.4, -0.2) is 30.1 Å². The largest absolute Gasteiger partial charge is 0.334 e. The SMILES string of the molecule is NC1CN(C(=O)NCc2ccc(Cl)c(Cl)c2)CC1c1ccc(Cl)cc1Cl. The van der Waals surface area contributed by atoms with Gasteiger partial charge in [0, 0.05) is 41.6 Å². The zero-order chi connectivity index (χ0) is 18.8. The highest BCUT2D eigenvalue weighted by atomic mass is 35.5. The van der Waals surface area contributed by atoms with E-state index in [-0.39, 0.29) is 18.0 Å². The van der Waals surface area contributed by atoms with Gasteiger partial charge in [0.15, 0.2) is 0 Å². The normalized spacial score (nSPS) is 19.7. The van der Waals surface area contributed by atoms with E-state index in [1.807, 2.05) is 12.1 Å². The Balaban J connectivity index is 1.63. The van der Waals surface area contributed by atoms with Crippen LogP contribution in [0.15, 0.2) is 36.4 Å². The molecule has 2 atom stereocenters. The van der Waals surface area contributed by atoms with E-state index in [1.165, 1.54) is 0 Å². The van der Waals surface area contributed by atoms with Crippen molar-refractivity contribution in [2.45, 2.75) is 18.5 Å². The summed E-state index contributed by atoms with van der Waals surface area (Å²) < 4.78 is 0. The molecule has 2 aromatic rings. The zero-order valence-electron chi connectivity index (χ0n) is 13.7. The molecule has 3 N–H and O–H groups in total. The first kappa shape index (κ1) is 19.6. The van der Waals surface area contributed by atoms with Gasteiger partial charge in [0.05, 0.1) is 10.0 Å². The molecule has 1 fully saturated rings. The molecule has 0 bridgehead atoms. The van der Waals surface area contributed by atoms with Crippen LogP contribution < -0.4 is 11.1 Å². The molecule has 0 radical (unpaired) electrons. The maximum atomic E-state index is 12.5. The third-order valence-electron chi connectivity index (χ3n) is 4.44. The average molecular weight is 433 g/mol. The van der Waals surface area contributed by atoms with Gasteiger partial charge in [-0.2, -0.15) is 0 Å². The molecule has 0 saturated carbocycles. The number of benzene rings is 2. The highest BCUT2D eigenvalue weighted by Crippen LogP contribution is 2.33. The fraction of sp³-hybridized carbons (Fsp3) is 0.278. The molecule has 1 heterocycles. The molecule has 2 amide bonds. The van der Waals surface area contributed by atoms with Crippen LogP contribution in [0.25, 0.3) is 0 Å². The Hall–Kier alpha value is -1.17. The minimum Gasteiger partial charge on any atom is -0.334 e. The van der Waals surface area contributed by atoms with Crippen molar-refractivity contribution in [3.63, 3.8) is 0 Å². The molecule has 26 heavy (non-hydrogen) atoms. The van der Waals surface area contributed by atoms with Crippen LogP contribution in [0.2, 0.25) is 20.1 Å². The highest BCUT2D eigenvalue weighted by molar-refractivity contribution is 6.42. The quantitative estimate of drug-likeness (QED) is 0.721. The molecule has 2 unspecified atom stereocenters. The fourth-order valence-corrected chi connectivity index (χ4v) is 3.93. The summed E-state index contributed by atoms with van der Waals surface area (Å²) in [6.45, 7) is 1.31. The Morgan fingerprint density at radius 3 is 2.50 bits per heavy atom. The minimum atomic E-state index is -0.190. The first-order valence-corrected chi connectivity index (χ1v) is 9.53. The molecular formula is C18H17Cl4N3O. The third-order valence-corrected chi connectivity index (χ3v) is 5.74. The van der Waals surface area contributed by atoms with E-state index in [4.69, 9.17) is 52.1 Å². The van der Waals surface area contributed by atoms with E-state index in [0.717, 1.165) is 11.1 Å². The monoisotopic (exact) mass is 431 g/mol. The second kappa shape index (κ2) is 8.24. The molecule has 1 aliphatic rings. The van der Waals surface area contributed by atoms with Gasteiger partial charge < -0.3 is 16.0 Å². The summed E-state index contributed by atoms with van der Waals surface area (Å²) in [7, 11) is 0. The molecule has 8 heteroatoms. The van der Waals surface area contributed by atoms with Crippen LogP contribution in [0, 0.1) is 0 Å². The molecule has 2 aromatic carbocycles. The number of hydrogen-bond donors (Lipinski definition) is 2. The zero-order valence-corrected chi connectivity index (χ0v) is 16.7. The summed E-state index contributed by atoms with van der Waals surface area (Å²) in [5.74, 6) is -0.0320. The second-order valence-electron chi connectivity index (χ2n) is 6.25. The van der Waals surface area contributed by atoms with Gasteiger partial charge in [-0.3, -0.25) is 0 Å². The number of urea groups is 1. The van der Waals surface area contributed by atoms with Gasteiger partial charge >= 0.3 is 6.03 Å². The fourth-order valence-electron chi connectivity index (χ4n) is 3.07. The predicted octanol–water partition coefficient (Wildman–Crippen LogP) is 4.94. The lowest BCUT2D eigenvalue weighted by atomic mass is 9.95. The molecule has 138 valence electrons. The molecule has 4 nitrogen and oxygen atoms in total. The molecule has 0 spiro atoms. The number of amides is 2. The summed E-state index contributed by atoms with van der Waals surface area (Å²) >= 11 is 24.1. The maximum Gasteiger partial charge on any atom is 0.317 e. The number of halogens is 4. The van der Waals surface area contributed by atoms with Crippen molar-refractivity contribution in [1.29, 1.82) is 0 Å². The number of hydrogen-bond acceptors (Lipinski definition) is 2. The van der Waals surface area contributed by atoms with Crippen LogP contribution in [-0.2, 0) is 6.54 Å². The summed E-state index contributed by atoms with van der Waals surface area (Å²) in [4.78, 5) is 14.2. The van der Waals surface area contributed by atoms with E-state index < -0.39 is 0 Å². The number of nitrogens with zero attached hydrogens (tertiary/aromatic N) is 1. The Bertz CT molecular complexity index is 830. The lowest BCUT2D eigenvalue weighted by Gasteiger charge is -2.18. The maximum absolute atomic E-state index is 12.5. The first-order chi connectivity index (χ1) is 12.3. The van der Waals surface area contributed by atoms with Crippen molar-refractivity contribution in [3.8, 4) is 0 Å². The Morgan fingerprint density at radius 2 is 1.81 bits per heavy atom. The van der Waals surface area contributed by atoms with Crippen LogP contribution in [0.5, 0.6) is 0 Å². The molecule has 3 rings (SSSR count). The van der Waals surface area contributed by atoms with E-state index in [2.05, 4.69) is 5.32 Å². The lowest BCUT2D eigenvalue weighted by Crippen LogP contribution is -2.39. The van der Waals surface area contributed by atoms with Crippen molar-refractivity contribution in [3.05, 3.63) is 67.6 Å². The van der Waals surface area contributed by atoms with Gasteiger partial charge in [0.1, 0.15) is 0 Å². The van der Waals surface area contributed by atoms with Gasteiger partial charge in [-0.1, -0.05) is 58.5 Å². The first-order valence-electron chi connectivity index (χ1n) is 8.02. The average Bonchev–Trinajstić information content (AvgIpc) is 2.97. The van der Waals surface area contributed by atoms with Gasteiger partial charge in [-0.05, 0) is 35.4 Å². The summed E-state index contributed by atoms with van der Waals surface area (Å²) in [6.07, 6.45) is 0. The second-order valence-corrected chi connectivity index (χ2v) is 7.91. The van der Waals surface area contributed by atoms with Crippen molar-refractivity contribution < 1.29 is 4.79 Å². The number of likely N-dealkylation sites (tertiary alicyclic amines) is 1. The number of nitrogens with two attached hydrogens (primary N) is 1. The Morgan fingerprint density at radius 1 is 1.04 bits per heavy atom. The van der Waals surface area contributed by atoms with Gasteiger partial charge in [-0.25, -0.2) is 4.79 Å². The Kier molecular flexibility index (Phi) is 6.21. The molecular weight excluding hydrogens is 416 g/mol. The predicted molar refractivity (Wildman–Crippen MR) is 107 cm³/mol. The third kappa shape index (κ3) is 4.38. The van der Waals surface area contributed by atoms with Crippen LogP contribution >= 0.6 is 46.4 Å². The van der Waals surface area contributed by atoms with Gasteiger partial charge in [0.25, 0.3) is 0 Å². The molecule has 1 aliphatic heterocycles. The highest BCUT2D eigenvalue weighted by Gasteiger charge is 2.34. The van der Waals surface area contributed by atoms with Gasteiger partial charge in [0.2, 0.25) is 0 Å².